The van der Waals surface area contributed by atoms with Gasteiger partial charge < -0.3 is 21.3 Å². The third kappa shape index (κ3) is 6.60. The molecule has 3 aromatic rings. The van der Waals surface area contributed by atoms with Crippen LogP contribution < -0.4 is 11.5 Å². The van der Waals surface area contributed by atoms with E-state index in [2.05, 4.69) is 34.2 Å². The van der Waals surface area contributed by atoms with Gasteiger partial charge in [-0.2, -0.15) is 0 Å². The molecule has 7 nitrogen and oxygen atoms in total. The lowest BCUT2D eigenvalue weighted by Gasteiger charge is -2.10. The van der Waals surface area contributed by atoms with Gasteiger partial charge in [0.15, 0.2) is 0 Å². The smallest absolute Gasteiger partial charge is 0.252 e. The molecule has 0 bridgehead atoms. The molecule has 0 aliphatic heterocycles. The summed E-state index contributed by atoms with van der Waals surface area (Å²) in [6.45, 7) is 0.665. The monoisotopic (exact) mass is 420 g/mol. The van der Waals surface area contributed by atoms with Gasteiger partial charge in [-0.15, -0.1) is 0 Å². The average Bonchev–Trinajstić information content (AvgIpc) is 3.33. The topological polar surface area (TPSA) is 124 Å². The van der Waals surface area contributed by atoms with Crippen LogP contribution in [0, 0.1) is 0 Å². The molecule has 2 aromatic heterocycles. The lowest BCUT2D eigenvalue weighted by molar-refractivity contribution is 0.0457. The van der Waals surface area contributed by atoms with Crippen molar-refractivity contribution in [1.29, 1.82) is 0 Å². The van der Waals surface area contributed by atoms with Crippen LogP contribution in [-0.2, 0) is 18.0 Å². The van der Waals surface area contributed by atoms with Gasteiger partial charge in [-0.1, -0.05) is 49.2 Å². The molecular formula is C24H28N4O3. The van der Waals surface area contributed by atoms with Gasteiger partial charge in [0, 0.05) is 23.5 Å². The Bertz CT molecular complexity index is 972. The molecule has 2 heterocycles. The zero-order valence-corrected chi connectivity index (χ0v) is 17.4. The Morgan fingerprint density at radius 2 is 1.74 bits per heavy atom. The maximum absolute atomic E-state index is 11.2. The molecule has 5 N–H and O–H groups in total. The fourth-order valence-corrected chi connectivity index (χ4v) is 3.36. The highest BCUT2D eigenvalue weighted by Crippen LogP contribution is 2.22. The highest BCUT2D eigenvalue weighted by molar-refractivity contribution is 5.98. The van der Waals surface area contributed by atoms with Crippen molar-refractivity contribution in [2.75, 3.05) is 5.73 Å². The summed E-state index contributed by atoms with van der Waals surface area (Å²) in [4.78, 5) is 19.1. The number of amides is 1. The number of nitrogens with zero attached hydrogens (tertiary/aromatic N) is 2. The number of primary amides is 1. The summed E-state index contributed by atoms with van der Waals surface area (Å²) in [7, 11) is 0. The Morgan fingerprint density at radius 3 is 2.35 bits per heavy atom. The molecule has 1 amide bonds. The van der Waals surface area contributed by atoms with E-state index in [1.807, 2.05) is 6.07 Å². The summed E-state index contributed by atoms with van der Waals surface area (Å²) in [5, 5.41) is 8.90. The van der Waals surface area contributed by atoms with Crippen LogP contribution in [0.1, 0.15) is 47.3 Å². The molecule has 7 heteroatoms. The molecule has 0 unspecified atom stereocenters. The Hall–Kier alpha value is -3.29. The van der Waals surface area contributed by atoms with Crippen molar-refractivity contribution in [3.8, 4) is 11.1 Å². The molecule has 0 saturated heterocycles. The molecule has 1 saturated carbocycles. The number of benzene rings is 1. The number of anilines is 1. The predicted molar refractivity (Wildman–Crippen MR) is 120 cm³/mol. The zero-order valence-electron chi connectivity index (χ0n) is 17.4. The molecule has 1 fully saturated rings. The van der Waals surface area contributed by atoms with E-state index in [0.717, 1.165) is 12.2 Å². The quantitative estimate of drug-likeness (QED) is 0.561. The largest absolute Gasteiger partial charge is 0.390 e. The minimum absolute atomic E-state index is 0.103. The number of carbonyl (C=O) groups is 1. The fraction of sp³-hybridized carbons (Fsp3) is 0.292. The van der Waals surface area contributed by atoms with Crippen molar-refractivity contribution in [1.82, 2.24) is 9.97 Å². The number of hydrogen-bond donors (Lipinski definition) is 3. The maximum atomic E-state index is 11.2. The van der Waals surface area contributed by atoms with Gasteiger partial charge in [-0.25, -0.2) is 4.98 Å². The molecule has 31 heavy (non-hydrogen) atoms. The zero-order chi connectivity index (χ0) is 22.1. The number of aromatic nitrogens is 2. The third-order valence-electron chi connectivity index (χ3n) is 5.13. The van der Waals surface area contributed by atoms with Crippen molar-refractivity contribution in [2.45, 2.75) is 45.0 Å². The lowest BCUT2D eigenvalue weighted by Crippen LogP contribution is -2.14. The van der Waals surface area contributed by atoms with Gasteiger partial charge in [0.05, 0.1) is 30.6 Å². The highest BCUT2D eigenvalue weighted by Gasteiger charge is 2.14. The first-order valence-corrected chi connectivity index (χ1v) is 10.3. The van der Waals surface area contributed by atoms with Gasteiger partial charge in [-0.05, 0) is 30.5 Å². The predicted octanol–water partition coefficient (Wildman–Crippen LogP) is 3.46. The Labute approximate surface area is 182 Å². The summed E-state index contributed by atoms with van der Waals surface area (Å²) in [5.74, 6) is -0.520. The SMILES string of the molecule is NC(=O)c1cc(-c2ccc(CO)nc2)cnc1N.c1ccc(COC2CCCC2)cc1. The molecule has 0 spiro atoms. The van der Waals surface area contributed by atoms with Crippen LogP contribution in [-0.4, -0.2) is 27.1 Å². The second-order valence-electron chi connectivity index (χ2n) is 7.42. The molecule has 1 aromatic carbocycles. The fourth-order valence-electron chi connectivity index (χ4n) is 3.36. The summed E-state index contributed by atoms with van der Waals surface area (Å²) in [6, 6.07) is 15.4. The number of nitrogens with two attached hydrogens (primary N) is 2. The van der Waals surface area contributed by atoms with Crippen molar-refractivity contribution in [3.63, 3.8) is 0 Å². The van der Waals surface area contributed by atoms with E-state index < -0.39 is 5.91 Å². The number of nitrogen functional groups attached to an aromatic ring is 1. The minimum atomic E-state index is -0.623. The van der Waals surface area contributed by atoms with E-state index in [1.165, 1.54) is 37.4 Å². The van der Waals surface area contributed by atoms with Crippen LogP contribution in [0.3, 0.4) is 0 Å². The van der Waals surface area contributed by atoms with Crippen LogP contribution in [0.4, 0.5) is 5.82 Å². The summed E-state index contributed by atoms with van der Waals surface area (Å²) >= 11 is 0. The average molecular weight is 421 g/mol. The van der Waals surface area contributed by atoms with Crippen molar-refractivity contribution in [2.24, 2.45) is 5.73 Å². The minimum Gasteiger partial charge on any atom is -0.390 e. The number of aliphatic hydroxyl groups excluding tert-OH is 1. The molecule has 1 aliphatic rings. The van der Waals surface area contributed by atoms with Crippen LogP contribution in [0.2, 0.25) is 0 Å². The second kappa shape index (κ2) is 11.2. The molecule has 0 atom stereocenters. The van der Waals surface area contributed by atoms with Crippen LogP contribution >= 0.6 is 0 Å². The Balaban J connectivity index is 0.000000185. The molecule has 4 rings (SSSR count). The van der Waals surface area contributed by atoms with Crippen LogP contribution in [0.25, 0.3) is 11.1 Å². The second-order valence-corrected chi connectivity index (χ2v) is 7.42. The first-order chi connectivity index (χ1) is 15.1. The van der Waals surface area contributed by atoms with Gasteiger partial charge in [0.1, 0.15) is 5.82 Å². The normalized spacial score (nSPS) is 13.5. The van der Waals surface area contributed by atoms with E-state index >= 15 is 0 Å². The molecule has 1 aliphatic carbocycles. The number of hydrogen-bond acceptors (Lipinski definition) is 6. The van der Waals surface area contributed by atoms with Crippen molar-refractivity contribution >= 4 is 11.7 Å². The maximum Gasteiger partial charge on any atom is 0.252 e. The van der Waals surface area contributed by atoms with E-state index in [-0.39, 0.29) is 18.0 Å². The third-order valence-corrected chi connectivity index (χ3v) is 5.13. The van der Waals surface area contributed by atoms with E-state index in [0.29, 0.717) is 17.4 Å². The van der Waals surface area contributed by atoms with Gasteiger partial charge in [0.2, 0.25) is 0 Å². The number of aliphatic hydroxyl groups is 1. The van der Waals surface area contributed by atoms with Crippen molar-refractivity contribution in [3.05, 3.63) is 77.7 Å². The first kappa shape index (κ1) is 22.4. The van der Waals surface area contributed by atoms with Gasteiger partial charge >= 0.3 is 0 Å². The van der Waals surface area contributed by atoms with E-state index in [1.54, 1.807) is 24.4 Å². The molecule has 0 radical (unpaired) electrons. The highest BCUT2D eigenvalue weighted by atomic mass is 16.5. The number of ether oxygens (including phenoxy) is 1. The summed E-state index contributed by atoms with van der Waals surface area (Å²) in [5.41, 5.74) is 14.2. The van der Waals surface area contributed by atoms with Crippen LogP contribution in [0.15, 0.2) is 60.9 Å². The van der Waals surface area contributed by atoms with E-state index in [4.69, 9.17) is 21.3 Å². The van der Waals surface area contributed by atoms with Crippen LogP contribution in [0.5, 0.6) is 0 Å². The summed E-state index contributed by atoms with van der Waals surface area (Å²) in [6.07, 6.45) is 8.86. The Kier molecular flexibility index (Phi) is 8.09. The first-order valence-electron chi connectivity index (χ1n) is 10.3. The number of rotatable bonds is 6. The lowest BCUT2D eigenvalue weighted by atomic mass is 10.1. The van der Waals surface area contributed by atoms with Crippen molar-refractivity contribution < 1.29 is 14.6 Å². The molecular weight excluding hydrogens is 392 g/mol. The Morgan fingerprint density at radius 1 is 1.03 bits per heavy atom. The molecule has 162 valence electrons. The van der Waals surface area contributed by atoms with E-state index in [9.17, 15) is 4.79 Å². The standard InChI is InChI=1S/C12H12N4O2.C12H16O/c13-11-10(12(14)18)3-8(5-16-11)7-1-2-9(6-17)15-4-7;1-2-6-11(7-3-1)10-13-12-8-4-5-9-12/h1-5,17H,6H2,(H2,13,16)(H2,14,18);1-3,6-7,12H,4-5,8-10H2. The van der Waals surface area contributed by atoms with Gasteiger partial charge in [-0.3, -0.25) is 9.78 Å². The number of carbonyl (C=O) groups excluding carboxylic acids is 1. The number of pyridine rings is 2. The summed E-state index contributed by atoms with van der Waals surface area (Å²) < 4.78 is 5.79. The van der Waals surface area contributed by atoms with Gasteiger partial charge in [0.25, 0.3) is 5.91 Å².